The number of hydrogen-bond acceptors (Lipinski definition) is 4. The van der Waals surface area contributed by atoms with Crippen molar-refractivity contribution in [3.05, 3.63) is 24.0 Å². The summed E-state index contributed by atoms with van der Waals surface area (Å²) in [5.74, 6) is 0.533. The highest BCUT2D eigenvalue weighted by Gasteiger charge is 2.44. The van der Waals surface area contributed by atoms with E-state index in [9.17, 15) is 0 Å². The first kappa shape index (κ1) is 11.0. The molecule has 17 heavy (non-hydrogen) atoms. The minimum Gasteiger partial charge on any atom is -0.398 e. The van der Waals surface area contributed by atoms with Crippen molar-refractivity contribution in [3.63, 3.8) is 0 Å². The van der Waals surface area contributed by atoms with Crippen molar-refractivity contribution >= 4 is 5.69 Å². The fraction of sp³-hybridized carbons (Fsp3) is 0.615. The van der Waals surface area contributed by atoms with Gasteiger partial charge in [-0.25, -0.2) is 0 Å². The summed E-state index contributed by atoms with van der Waals surface area (Å²) < 4.78 is 5.93. The molecule has 0 aliphatic carbocycles. The van der Waals surface area contributed by atoms with E-state index in [0.29, 0.717) is 18.1 Å². The molecule has 4 heteroatoms. The van der Waals surface area contributed by atoms with Crippen LogP contribution in [-0.2, 0) is 4.74 Å². The Morgan fingerprint density at radius 1 is 1.53 bits per heavy atom. The third kappa shape index (κ3) is 1.81. The summed E-state index contributed by atoms with van der Waals surface area (Å²) >= 11 is 0. The second-order valence-corrected chi connectivity index (χ2v) is 5.04. The fourth-order valence-corrected chi connectivity index (χ4v) is 3.31. The zero-order chi connectivity index (χ0) is 11.8. The summed E-state index contributed by atoms with van der Waals surface area (Å²) in [7, 11) is 1.99. The molecule has 3 heterocycles. The number of nitrogens with one attached hydrogen (secondary N) is 1. The smallest absolute Gasteiger partial charge is 0.0627 e. The highest BCUT2D eigenvalue weighted by atomic mass is 16.5. The monoisotopic (exact) mass is 233 g/mol. The number of ether oxygens (including phenoxy) is 1. The maximum absolute atomic E-state index is 6.04. The molecule has 2 fully saturated rings. The van der Waals surface area contributed by atoms with Gasteiger partial charge in [0, 0.05) is 35.6 Å². The van der Waals surface area contributed by atoms with Crippen LogP contribution in [0.5, 0.6) is 0 Å². The number of nitrogens with zero attached hydrogens (tertiary/aromatic N) is 1. The number of hydrogen-bond donors (Lipinski definition) is 2. The average Bonchev–Trinajstić information content (AvgIpc) is 2.95. The van der Waals surface area contributed by atoms with Crippen LogP contribution < -0.4 is 11.1 Å². The van der Waals surface area contributed by atoms with Gasteiger partial charge in [-0.05, 0) is 32.4 Å². The van der Waals surface area contributed by atoms with Gasteiger partial charge < -0.3 is 15.8 Å². The number of aromatic nitrogens is 1. The minimum atomic E-state index is 0.263. The molecule has 3 rings (SSSR count). The van der Waals surface area contributed by atoms with Crippen molar-refractivity contribution < 1.29 is 4.74 Å². The Morgan fingerprint density at radius 3 is 3.00 bits per heavy atom. The van der Waals surface area contributed by atoms with E-state index in [1.165, 1.54) is 12.8 Å². The first-order valence-corrected chi connectivity index (χ1v) is 6.31. The first-order valence-electron chi connectivity index (χ1n) is 6.31. The molecular formula is C13H19N3O. The molecule has 0 amide bonds. The molecule has 1 aromatic rings. The van der Waals surface area contributed by atoms with Crippen LogP contribution >= 0.6 is 0 Å². The molecule has 4 atom stereocenters. The molecule has 2 bridgehead atoms. The second-order valence-electron chi connectivity index (χ2n) is 5.04. The molecule has 4 nitrogen and oxygen atoms in total. The predicted molar refractivity (Wildman–Crippen MR) is 66.5 cm³/mol. The normalized spacial score (nSPS) is 32.9. The minimum absolute atomic E-state index is 0.263. The summed E-state index contributed by atoms with van der Waals surface area (Å²) in [6, 6.07) is 2.13. The van der Waals surface area contributed by atoms with Crippen molar-refractivity contribution in [1.29, 1.82) is 0 Å². The van der Waals surface area contributed by atoms with E-state index in [-0.39, 0.29) is 6.04 Å². The summed E-state index contributed by atoms with van der Waals surface area (Å²) in [4.78, 5) is 4.19. The summed E-state index contributed by atoms with van der Waals surface area (Å²) in [5, 5.41) is 3.39. The first-order chi connectivity index (χ1) is 8.29. The lowest BCUT2D eigenvalue weighted by Crippen LogP contribution is -2.32. The Morgan fingerprint density at radius 2 is 2.41 bits per heavy atom. The largest absolute Gasteiger partial charge is 0.398 e. The van der Waals surface area contributed by atoms with Crippen LogP contribution in [0, 0.1) is 5.92 Å². The molecule has 0 aromatic carbocycles. The molecule has 0 radical (unpaired) electrons. The standard InChI is InChI=1S/C13H19N3O/c1-15-13(10-7-16-5-4-11(10)14)9-6-8-2-3-12(9)17-8/h4-5,7-9,12-13,15H,2-3,6H2,1H3,(H2,14,16). The van der Waals surface area contributed by atoms with Gasteiger partial charge >= 0.3 is 0 Å². The average molecular weight is 233 g/mol. The van der Waals surface area contributed by atoms with E-state index in [1.807, 2.05) is 19.3 Å². The molecule has 2 aliphatic rings. The van der Waals surface area contributed by atoms with Crippen LogP contribution in [0.4, 0.5) is 5.69 Å². The van der Waals surface area contributed by atoms with Crippen molar-refractivity contribution in [2.24, 2.45) is 5.92 Å². The third-order valence-electron chi connectivity index (χ3n) is 4.11. The van der Waals surface area contributed by atoms with Crippen LogP contribution in [-0.4, -0.2) is 24.2 Å². The van der Waals surface area contributed by atoms with Crippen LogP contribution in [0.25, 0.3) is 0 Å². The Hall–Kier alpha value is -1.13. The van der Waals surface area contributed by atoms with Gasteiger partial charge in [0.25, 0.3) is 0 Å². The van der Waals surface area contributed by atoms with Gasteiger partial charge in [-0.15, -0.1) is 0 Å². The van der Waals surface area contributed by atoms with Crippen LogP contribution in [0.3, 0.4) is 0 Å². The van der Waals surface area contributed by atoms with Gasteiger partial charge in [-0.3, -0.25) is 4.98 Å². The summed E-state index contributed by atoms with van der Waals surface area (Å²) in [5.41, 5.74) is 7.97. The summed E-state index contributed by atoms with van der Waals surface area (Å²) in [6.07, 6.45) is 8.04. The molecular weight excluding hydrogens is 214 g/mol. The van der Waals surface area contributed by atoms with Crippen LogP contribution in [0.15, 0.2) is 18.5 Å². The molecule has 2 aliphatic heterocycles. The quantitative estimate of drug-likeness (QED) is 0.830. The molecule has 0 spiro atoms. The lowest BCUT2D eigenvalue weighted by atomic mass is 9.81. The Kier molecular flexibility index (Phi) is 2.76. The topological polar surface area (TPSA) is 60.2 Å². The van der Waals surface area contributed by atoms with Gasteiger partial charge in [0.05, 0.1) is 12.2 Å². The van der Waals surface area contributed by atoms with E-state index in [1.54, 1.807) is 6.20 Å². The predicted octanol–water partition coefficient (Wildman–Crippen LogP) is 1.49. The van der Waals surface area contributed by atoms with Gasteiger partial charge in [-0.1, -0.05) is 0 Å². The second kappa shape index (κ2) is 4.27. The number of fused-ring (bicyclic) bond motifs is 2. The van der Waals surface area contributed by atoms with Crippen LogP contribution in [0.1, 0.15) is 30.9 Å². The third-order valence-corrected chi connectivity index (χ3v) is 4.11. The van der Waals surface area contributed by atoms with Crippen molar-refractivity contribution in [3.8, 4) is 0 Å². The van der Waals surface area contributed by atoms with Gasteiger partial charge in [0.2, 0.25) is 0 Å². The zero-order valence-corrected chi connectivity index (χ0v) is 10.1. The van der Waals surface area contributed by atoms with E-state index in [0.717, 1.165) is 17.7 Å². The number of anilines is 1. The highest BCUT2D eigenvalue weighted by Crippen LogP contribution is 2.45. The highest BCUT2D eigenvalue weighted by molar-refractivity contribution is 5.46. The fourth-order valence-electron chi connectivity index (χ4n) is 3.31. The lowest BCUT2D eigenvalue weighted by molar-refractivity contribution is 0.0863. The Balaban J connectivity index is 1.87. The van der Waals surface area contributed by atoms with E-state index < -0.39 is 0 Å². The lowest BCUT2D eigenvalue weighted by Gasteiger charge is -2.29. The molecule has 0 saturated carbocycles. The van der Waals surface area contributed by atoms with Gasteiger partial charge in [0.15, 0.2) is 0 Å². The number of nitrogens with two attached hydrogens (primary N) is 1. The van der Waals surface area contributed by atoms with Crippen molar-refractivity contribution in [2.75, 3.05) is 12.8 Å². The van der Waals surface area contributed by atoms with Crippen LogP contribution in [0.2, 0.25) is 0 Å². The molecule has 3 N–H and O–H groups in total. The van der Waals surface area contributed by atoms with Crippen molar-refractivity contribution in [1.82, 2.24) is 10.3 Å². The molecule has 92 valence electrons. The Labute approximate surface area is 102 Å². The maximum Gasteiger partial charge on any atom is 0.0627 e. The van der Waals surface area contributed by atoms with E-state index in [4.69, 9.17) is 10.5 Å². The SMILES string of the molecule is CNC(c1cnccc1N)C1CC2CCC1O2. The molecule has 1 aromatic heterocycles. The molecule has 2 saturated heterocycles. The number of nitrogen functional groups attached to an aromatic ring is 1. The van der Waals surface area contributed by atoms with Crippen molar-refractivity contribution in [2.45, 2.75) is 37.5 Å². The number of rotatable bonds is 3. The van der Waals surface area contributed by atoms with E-state index in [2.05, 4.69) is 10.3 Å². The summed E-state index contributed by atoms with van der Waals surface area (Å²) in [6.45, 7) is 0. The van der Waals surface area contributed by atoms with E-state index >= 15 is 0 Å². The number of pyridine rings is 1. The maximum atomic E-state index is 6.04. The Bertz CT molecular complexity index is 409. The zero-order valence-electron chi connectivity index (χ0n) is 10.1. The van der Waals surface area contributed by atoms with Gasteiger partial charge in [-0.2, -0.15) is 0 Å². The van der Waals surface area contributed by atoms with Gasteiger partial charge in [0.1, 0.15) is 0 Å². The molecule has 4 unspecified atom stereocenters.